The minimum absolute atomic E-state index is 0.0196. The molecule has 3 nitrogen and oxygen atoms in total. The lowest BCUT2D eigenvalue weighted by Gasteiger charge is -2.49. The van der Waals surface area contributed by atoms with Crippen LogP contribution in [0.2, 0.25) is 0 Å². The fraction of sp³-hybridized carbons (Fsp3) is 0.684. The van der Waals surface area contributed by atoms with Gasteiger partial charge in [0, 0.05) is 32.7 Å². The van der Waals surface area contributed by atoms with Crippen molar-refractivity contribution in [3.8, 4) is 0 Å². The molecule has 0 aromatic heterocycles. The minimum Gasteiger partial charge on any atom is -0.369 e. The topological polar surface area (TPSA) is 15.7 Å². The van der Waals surface area contributed by atoms with Gasteiger partial charge in [0.2, 0.25) is 0 Å². The van der Waals surface area contributed by atoms with Crippen LogP contribution in [0.5, 0.6) is 0 Å². The lowest BCUT2D eigenvalue weighted by Crippen LogP contribution is -2.59. The summed E-state index contributed by atoms with van der Waals surface area (Å²) < 4.78 is 33.3. The Balaban J connectivity index is 1.53. The highest BCUT2D eigenvalue weighted by molar-refractivity contribution is 5.19. The molecule has 1 aromatic carbocycles. The van der Waals surface area contributed by atoms with Crippen LogP contribution in [-0.4, -0.2) is 60.8 Å². The molecule has 24 heavy (non-hydrogen) atoms. The van der Waals surface area contributed by atoms with Crippen molar-refractivity contribution < 1.29 is 13.5 Å². The number of hydrogen-bond donors (Lipinski definition) is 0. The van der Waals surface area contributed by atoms with Crippen molar-refractivity contribution in [3.63, 3.8) is 0 Å². The van der Waals surface area contributed by atoms with E-state index in [2.05, 4.69) is 23.6 Å². The van der Waals surface area contributed by atoms with Gasteiger partial charge in [-0.2, -0.15) is 0 Å². The molecule has 5 heteroatoms. The molecular weight excluding hydrogens is 310 g/mol. The second-order valence-electron chi connectivity index (χ2n) is 7.24. The molecule has 134 valence electrons. The quantitative estimate of drug-likeness (QED) is 0.839. The van der Waals surface area contributed by atoms with Gasteiger partial charge in [0.15, 0.2) is 11.6 Å². The normalized spacial score (nSPS) is 25.2. The van der Waals surface area contributed by atoms with Gasteiger partial charge in [0.1, 0.15) is 0 Å². The summed E-state index contributed by atoms with van der Waals surface area (Å²) in [7, 11) is 0. The van der Waals surface area contributed by atoms with Crippen LogP contribution < -0.4 is 0 Å². The first-order chi connectivity index (χ1) is 11.5. The molecule has 0 N–H and O–H groups in total. The fourth-order valence-electron chi connectivity index (χ4n) is 4.06. The maximum Gasteiger partial charge on any atom is 0.162 e. The standard InChI is InChI=1S/C19H28F2N2O/c1-3-22-13-15(2)24-19(14-22)8-11-23(12-9-19)10-7-16-5-4-6-17(20)18(16)21/h4-6,15H,3,7-14H2,1-2H3/t15-/m1/s1. The van der Waals surface area contributed by atoms with E-state index in [-0.39, 0.29) is 11.7 Å². The third-order valence-electron chi connectivity index (χ3n) is 5.42. The monoisotopic (exact) mass is 338 g/mol. The summed E-state index contributed by atoms with van der Waals surface area (Å²) in [5.74, 6) is -1.46. The van der Waals surface area contributed by atoms with Crippen molar-refractivity contribution in [2.24, 2.45) is 0 Å². The van der Waals surface area contributed by atoms with Crippen LogP contribution in [0.3, 0.4) is 0 Å². The van der Waals surface area contributed by atoms with Gasteiger partial charge in [0.25, 0.3) is 0 Å². The van der Waals surface area contributed by atoms with Crippen LogP contribution in [0.25, 0.3) is 0 Å². The van der Waals surface area contributed by atoms with E-state index in [9.17, 15) is 8.78 Å². The second-order valence-corrected chi connectivity index (χ2v) is 7.24. The molecule has 2 aliphatic rings. The number of halogens is 2. The number of likely N-dealkylation sites (N-methyl/N-ethyl adjacent to an activating group) is 1. The van der Waals surface area contributed by atoms with Gasteiger partial charge >= 0.3 is 0 Å². The Kier molecular flexibility index (Phi) is 5.52. The minimum atomic E-state index is -0.755. The molecule has 1 aromatic rings. The summed E-state index contributed by atoms with van der Waals surface area (Å²) in [4.78, 5) is 4.82. The summed E-state index contributed by atoms with van der Waals surface area (Å²) in [5.41, 5.74) is 0.448. The zero-order chi connectivity index (χ0) is 17.2. The number of ether oxygens (including phenoxy) is 1. The molecule has 0 unspecified atom stereocenters. The molecule has 2 saturated heterocycles. The number of piperidine rings is 1. The van der Waals surface area contributed by atoms with Gasteiger partial charge in [0.05, 0.1) is 11.7 Å². The van der Waals surface area contributed by atoms with Crippen LogP contribution in [0.1, 0.15) is 32.3 Å². The maximum absolute atomic E-state index is 13.7. The summed E-state index contributed by atoms with van der Waals surface area (Å²) in [6.45, 7) is 10.1. The molecule has 2 heterocycles. The maximum atomic E-state index is 13.7. The summed E-state index contributed by atoms with van der Waals surface area (Å²) in [5, 5.41) is 0. The molecule has 0 amide bonds. The van der Waals surface area contributed by atoms with Crippen LogP contribution in [0.15, 0.2) is 18.2 Å². The van der Waals surface area contributed by atoms with Gasteiger partial charge < -0.3 is 9.64 Å². The van der Waals surface area contributed by atoms with Crippen LogP contribution in [0, 0.1) is 11.6 Å². The number of rotatable bonds is 4. The first-order valence-corrected chi connectivity index (χ1v) is 9.07. The fourth-order valence-corrected chi connectivity index (χ4v) is 4.06. The lowest BCUT2D eigenvalue weighted by atomic mass is 9.88. The van der Waals surface area contributed by atoms with Crippen LogP contribution >= 0.6 is 0 Å². The number of benzene rings is 1. The Morgan fingerprint density at radius 3 is 2.67 bits per heavy atom. The Bertz CT molecular complexity index is 558. The molecule has 0 bridgehead atoms. The number of nitrogens with zero attached hydrogens (tertiary/aromatic N) is 2. The predicted molar refractivity (Wildman–Crippen MR) is 91.1 cm³/mol. The van der Waals surface area contributed by atoms with E-state index in [0.29, 0.717) is 12.0 Å². The highest BCUT2D eigenvalue weighted by Gasteiger charge is 2.41. The van der Waals surface area contributed by atoms with E-state index in [0.717, 1.165) is 52.1 Å². The van der Waals surface area contributed by atoms with E-state index >= 15 is 0 Å². The van der Waals surface area contributed by atoms with Gasteiger partial charge in [-0.25, -0.2) is 8.78 Å². The highest BCUT2D eigenvalue weighted by atomic mass is 19.2. The zero-order valence-corrected chi connectivity index (χ0v) is 14.7. The molecule has 1 spiro atoms. The Labute approximate surface area is 143 Å². The first kappa shape index (κ1) is 17.8. The second kappa shape index (κ2) is 7.46. The largest absolute Gasteiger partial charge is 0.369 e. The molecular formula is C19H28F2N2O. The molecule has 2 aliphatic heterocycles. The first-order valence-electron chi connectivity index (χ1n) is 9.07. The molecule has 1 atom stereocenters. The van der Waals surface area contributed by atoms with E-state index in [1.165, 1.54) is 6.07 Å². The van der Waals surface area contributed by atoms with E-state index in [1.807, 2.05) is 0 Å². The number of likely N-dealkylation sites (tertiary alicyclic amines) is 1. The van der Waals surface area contributed by atoms with Crippen molar-refractivity contribution >= 4 is 0 Å². The average Bonchev–Trinajstić information content (AvgIpc) is 2.57. The van der Waals surface area contributed by atoms with Crippen molar-refractivity contribution in [1.29, 1.82) is 0 Å². The smallest absolute Gasteiger partial charge is 0.162 e. The summed E-state index contributed by atoms with van der Waals surface area (Å²) in [6.07, 6.45) is 2.86. The molecule has 0 saturated carbocycles. The third kappa shape index (κ3) is 3.95. The number of morpholine rings is 1. The van der Waals surface area contributed by atoms with E-state index in [1.54, 1.807) is 12.1 Å². The Morgan fingerprint density at radius 2 is 1.96 bits per heavy atom. The third-order valence-corrected chi connectivity index (χ3v) is 5.42. The Morgan fingerprint density at radius 1 is 1.21 bits per heavy atom. The molecule has 2 fully saturated rings. The van der Waals surface area contributed by atoms with Crippen molar-refractivity contribution in [2.45, 2.75) is 44.8 Å². The van der Waals surface area contributed by atoms with E-state index in [4.69, 9.17) is 4.74 Å². The van der Waals surface area contributed by atoms with Gasteiger partial charge in [-0.05, 0) is 44.4 Å². The Hall–Kier alpha value is -1.04. The lowest BCUT2D eigenvalue weighted by molar-refractivity contribution is -0.169. The SMILES string of the molecule is CCN1C[C@@H](C)OC2(CCN(CCc3cccc(F)c3F)CC2)C1. The van der Waals surface area contributed by atoms with Crippen molar-refractivity contribution in [1.82, 2.24) is 9.80 Å². The van der Waals surface area contributed by atoms with Gasteiger partial charge in [-0.1, -0.05) is 19.1 Å². The van der Waals surface area contributed by atoms with Crippen LogP contribution in [0.4, 0.5) is 8.78 Å². The predicted octanol–water partition coefficient (Wildman–Crippen LogP) is 3.08. The highest BCUT2D eigenvalue weighted by Crippen LogP contribution is 2.32. The van der Waals surface area contributed by atoms with E-state index < -0.39 is 11.6 Å². The van der Waals surface area contributed by atoms with Crippen molar-refractivity contribution in [3.05, 3.63) is 35.4 Å². The molecule has 0 aliphatic carbocycles. The summed E-state index contributed by atoms with van der Waals surface area (Å²) >= 11 is 0. The van der Waals surface area contributed by atoms with Crippen LogP contribution in [-0.2, 0) is 11.2 Å². The number of hydrogen-bond acceptors (Lipinski definition) is 3. The zero-order valence-electron chi connectivity index (χ0n) is 14.7. The van der Waals surface area contributed by atoms with Gasteiger partial charge in [-0.3, -0.25) is 4.90 Å². The summed E-state index contributed by atoms with van der Waals surface area (Å²) in [6, 6.07) is 4.43. The molecule has 0 radical (unpaired) electrons. The van der Waals surface area contributed by atoms with Gasteiger partial charge in [-0.15, -0.1) is 0 Å². The average molecular weight is 338 g/mol. The van der Waals surface area contributed by atoms with Crippen molar-refractivity contribution in [2.75, 3.05) is 39.3 Å². The molecule has 3 rings (SSSR count).